The number of amides is 1. The third-order valence-electron chi connectivity index (χ3n) is 2.50. The van der Waals surface area contributed by atoms with Crippen LogP contribution in [0, 0.1) is 5.92 Å². The lowest BCUT2D eigenvalue weighted by Crippen LogP contribution is -2.50. The van der Waals surface area contributed by atoms with Crippen molar-refractivity contribution in [2.24, 2.45) is 17.4 Å². The molecule has 1 amide bonds. The molecular formula is C10H22N2O2. The highest BCUT2D eigenvalue weighted by Gasteiger charge is 2.25. The standard InChI is InChI=1S/C10H22N2O2/c1-7(2)8(3)14-6-5-10(4,12)9(11)13/h7-8H,5-6,12H2,1-4H3,(H2,11,13). The van der Waals surface area contributed by atoms with Crippen LogP contribution in [0.1, 0.15) is 34.1 Å². The Morgan fingerprint density at radius 2 is 1.93 bits per heavy atom. The number of rotatable bonds is 6. The number of carbonyl (C=O) groups excluding carboxylic acids is 1. The minimum Gasteiger partial charge on any atom is -0.378 e. The van der Waals surface area contributed by atoms with Crippen LogP contribution in [-0.4, -0.2) is 24.2 Å². The quantitative estimate of drug-likeness (QED) is 0.663. The van der Waals surface area contributed by atoms with Gasteiger partial charge < -0.3 is 16.2 Å². The highest BCUT2D eigenvalue weighted by molar-refractivity contribution is 5.83. The first-order valence-corrected chi connectivity index (χ1v) is 4.97. The second kappa shape index (κ2) is 5.32. The Balaban J connectivity index is 3.79. The summed E-state index contributed by atoms with van der Waals surface area (Å²) < 4.78 is 5.50. The summed E-state index contributed by atoms with van der Waals surface area (Å²) in [5.74, 6) is -0.0223. The molecule has 0 aromatic heterocycles. The number of primary amides is 1. The third-order valence-corrected chi connectivity index (χ3v) is 2.50. The number of ether oxygens (including phenoxy) is 1. The first-order chi connectivity index (χ1) is 6.27. The molecule has 0 rings (SSSR count). The molecule has 0 saturated heterocycles. The van der Waals surface area contributed by atoms with Gasteiger partial charge in [0.05, 0.1) is 11.6 Å². The molecule has 4 N–H and O–H groups in total. The minimum absolute atomic E-state index is 0.179. The van der Waals surface area contributed by atoms with E-state index in [0.29, 0.717) is 18.9 Å². The lowest BCUT2D eigenvalue weighted by Gasteiger charge is -2.22. The van der Waals surface area contributed by atoms with Gasteiger partial charge in [0.15, 0.2) is 0 Å². The van der Waals surface area contributed by atoms with Gasteiger partial charge in [0.2, 0.25) is 5.91 Å². The summed E-state index contributed by atoms with van der Waals surface area (Å²) in [6, 6.07) is 0. The highest BCUT2D eigenvalue weighted by Crippen LogP contribution is 2.09. The van der Waals surface area contributed by atoms with Gasteiger partial charge in [-0.25, -0.2) is 0 Å². The van der Waals surface area contributed by atoms with Gasteiger partial charge in [-0.1, -0.05) is 13.8 Å². The van der Waals surface area contributed by atoms with Gasteiger partial charge in [-0.3, -0.25) is 4.79 Å². The topological polar surface area (TPSA) is 78.3 Å². The van der Waals surface area contributed by atoms with E-state index < -0.39 is 11.4 Å². The summed E-state index contributed by atoms with van der Waals surface area (Å²) >= 11 is 0. The zero-order valence-corrected chi connectivity index (χ0v) is 9.54. The number of carbonyl (C=O) groups is 1. The Bertz CT molecular complexity index is 191. The van der Waals surface area contributed by atoms with E-state index in [1.807, 2.05) is 6.92 Å². The SMILES string of the molecule is CC(C)C(C)OCCC(C)(N)C(N)=O. The van der Waals surface area contributed by atoms with Crippen LogP contribution in [0.2, 0.25) is 0 Å². The fraction of sp³-hybridized carbons (Fsp3) is 0.900. The first kappa shape index (κ1) is 13.4. The average molecular weight is 202 g/mol. The summed E-state index contributed by atoms with van der Waals surface area (Å²) in [6.45, 7) is 8.26. The van der Waals surface area contributed by atoms with Crippen LogP contribution in [0.3, 0.4) is 0 Å². The monoisotopic (exact) mass is 202 g/mol. The third kappa shape index (κ3) is 4.58. The van der Waals surface area contributed by atoms with E-state index in [0.717, 1.165) is 0 Å². The molecule has 4 nitrogen and oxygen atoms in total. The Kier molecular flexibility index (Phi) is 5.08. The van der Waals surface area contributed by atoms with Crippen LogP contribution < -0.4 is 11.5 Å². The van der Waals surface area contributed by atoms with E-state index in [1.165, 1.54) is 0 Å². The predicted molar refractivity (Wildman–Crippen MR) is 56.7 cm³/mol. The molecule has 0 aliphatic rings. The molecule has 4 heteroatoms. The number of hydrogen-bond donors (Lipinski definition) is 2. The predicted octanol–water partition coefficient (Wildman–Crippen LogP) is 0.640. The zero-order valence-electron chi connectivity index (χ0n) is 9.54. The molecule has 0 aromatic carbocycles. The summed E-state index contributed by atoms with van der Waals surface area (Å²) in [5.41, 5.74) is 9.83. The van der Waals surface area contributed by atoms with Gasteiger partial charge in [0.25, 0.3) is 0 Å². The van der Waals surface area contributed by atoms with Crippen molar-refractivity contribution in [2.75, 3.05) is 6.61 Å². The summed E-state index contributed by atoms with van der Waals surface area (Å²) in [5, 5.41) is 0. The second-order valence-electron chi connectivity index (χ2n) is 4.35. The lowest BCUT2D eigenvalue weighted by atomic mass is 9.99. The molecule has 2 atom stereocenters. The maximum Gasteiger partial charge on any atom is 0.237 e. The normalized spacial score (nSPS) is 17.9. The van der Waals surface area contributed by atoms with Gasteiger partial charge >= 0.3 is 0 Å². The molecule has 0 bridgehead atoms. The van der Waals surface area contributed by atoms with Crippen molar-refractivity contribution in [3.05, 3.63) is 0 Å². The van der Waals surface area contributed by atoms with Gasteiger partial charge in [-0.2, -0.15) is 0 Å². The van der Waals surface area contributed by atoms with Crippen molar-refractivity contribution in [1.82, 2.24) is 0 Å². The molecule has 0 aromatic rings. The molecule has 0 aliphatic heterocycles. The van der Waals surface area contributed by atoms with E-state index in [1.54, 1.807) is 6.92 Å². The second-order valence-corrected chi connectivity index (χ2v) is 4.35. The molecule has 14 heavy (non-hydrogen) atoms. The van der Waals surface area contributed by atoms with Gasteiger partial charge in [-0.15, -0.1) is 0 Å². The van der Waals surface area contributed by atoms with Crippen LogP contribution in [0.15, 0.2) is 0 Å². The molecule has 0 heterocycles. The van der Waals surface area contributed by atoms with E-state index in [9.17, 15) is 4.79 Å². The van der Waals surface area contributed by atoms with Crippen LogP contribution >= 0.6 is 0 Å². The maximum absolute atomic E-state index is 10.9. The first-order valence-electron chi connectivity index (χ1n) is 4.97. The van der Waals surface area contributed by atoms with Crippen LogP contribution in [0.4, 0.5) is 0 Å². The van der Waals surface area contributed by atoms with E-state index in [2.05, 4.69) is 13.8 Å². The smallest absolute Gasteiger partial charge is 0.237 e. The molecule has 84 valence electrons. The molecule has 0 radical (unpaired) electrons. The van der Waals surface area contributed by atoms with Gasteiger partial charge in [0.1, 0.15) is 0 Å². The fourth-order valence-corrected chi connectivity index (χ4v) is 0.772. The molecule has 2 unspecified atom stereocenters. The minimum atomic E-state index is -0.962. The van der Waals surface area contributed by atoms with Crippen molar-refractivity contribution >= 4 is 5.91 Å². The highest BCUT2D eigenvalue weighted by atomic mass is 16.5. The average Bonchev–Trinajstić information content (AvgIpc) is 2.03. The zero-order chi connectivity index (χ0) is 11.4. The van der Waals surface area contributed by atoms with Crippen LogP contribution in [0.5, 0.6) is 0 Å². The largest absolute Gasteiger partial charge is 0.378 e. The van der Waals surface area contributed by atoms with Gasteiger partial charge in [-0.05, 0) is 26.2 Å². The Hall–Kier alpha value is -0.610. The van der Waals surface area contributed by atoms with Crippen molar-refractivity contribution in [3.8, 4) is 0 Å². The molecular weight excluding hydrogens is 180 g/mol. The van der Waals surface area contributed by atoms with Crippen molar-refractivity contribution in [2.45, 2.75) is 45.8 Å². The summed E-state index contributed by atoms with van der Waals surface area (Å²) in [7, 11) is 0. The van der Waals surface area contributed by atoms with Crippen molar-refractivity contribution in [3.63, 3.8) is 0 Å². The Labute approximate surface area is 86.0 Å². The number of nitrogens with two attached hydrogens (primary N) is 2. The molecule has 0 aliphatic carbocycles. The van der Waals surface area contributed by atoms with E-state index in [4.69, 9.17) is 16.2 Å². The Morgan fingerprint density at radius 3 is 2.29 bits per heavy atom. The lowest BCUT2D eigenvalue weighted by molar-refractivity contribution is -0.123. The summed E-state index contributed by atoms with van der Waals surface area (Å²) in [6.07, 6.45) is 0.637. The van der Waals surface area contributed by atoms with Crippen molar-refractivity contribution < 1.29 is 9.53 Å². The Morgan fingerprint density at radius 1 is 1.43 bits per heavy atom. The van der Waals surface area contributed by atoms with Crippen LogP contribution in [0.25, 0.3) is 0 Å². The molecule has 0 saturated carbocycles. The van der Waals surface area contributed by atoms with Crippen molar-refractivity contribution in [1.29, 1.82) is 0 Å². The fourth-order valence-electron chi connectivity index (χ4n) is 0.772. The number of hydrogen-bond acceptors (Lipinski definition) is 3. The molecule has 0 fully saturated rings. The summed E-state index contributed by atoms with van der Waals surface area (Å²) in [4.78, 5) is 10.9. The van der Waals surface area contributed by atoms with E-state index in [-0.39, 0.29) is 6.10 Å². The molecule has 0 spiro atoms. The maximum atomic E-state index is 10.9. The van der Waals surface area contributed by atoms with Crippen LogP contribution in [-0.2, 0) is 9.53 Å². The van der Waals surface area contributed by atoms with Gasteiger partial charge in [0, 0.05) is 6.61 Å². The van der Waals surface area contributed by atoms with E-state index >= 15 is 0 Å².